The third-order valence-electron chi connectivity index (χ3n) is 5.90. The van der Waals surface area contributed by atoms with Crippen molar-refractivity contribution < 1.29 is 0 Å². The lowest BCUT2D eigenvalue weighted by Gasteiger charge is -2.30. The monoisotopic (exact) mass is 360 g/mol. The third kappa shape index (κ3) is 3.34. The second-order valence-corrected chi connectivity index (χ2v) is 7.85. The fourth-order valence-electron chi connectivity index (χ4n) is 4.19. The quantitative estimate of drug-likeness (QED) is 0.755. The molecule has 2 aromatic heterocycles. The van der Waals surface area contributed by atoms with Gasteiger partial charge in [0.2, 0.25) is 0 Å². The average Bonchev–Trinajstić information content (AvgIpc) is 3.55. The summed E-state index contributed by atoms with van der Waals surface area (Å²) < 4.78 is 1.75. The predicted octanol–water partition coefficient (Wildman–Crippen LogP) is 4.26. The van der Waals surface area contributed by atoms with Gasteiger partial charge in [-0.05, 0) is 56.0 Å². The molecule has 0 unspecified atom stereocenters. The predicted molar refractivity (Wildman–Crippen MR) is 107 cm³/mol. The van der Waals surface area contributed by atoms with E-state index >= 15 is 0 Å². The number of hydrogen-bond acceptors (Lipinski definition) is 4. The van der Waals surface area contributed by atoms with Crippen molar-refractivity contribution in [3.8, 4) is 0 Å². The van der Waals surface area contributed by atoms with Crippen LogP contribution in [0, 0.1) is 0 Å². The van der Waals surface area contributed by atoms with Crippen molar-refractivity contribution in [2.24, 2.45) is 0 Å². The van der Waals surface area contributed by atoms with Gasteiger partial charge in [-0.3, -0.25) is 4.79 Å². The van der Waals surface area contributed by atoms with Gasteiger partial charge in [0.15, 0.2) is 0 Å². The van der Waals surface area contributed by atoms with E-state index in [4.69, 9.17) is 0 Å². The summed E-state index contributed by atoms with van der Waals surface area (Å²) in [6.07, 6.45) is 8.28. The van der Waals surface area contributed by atoms with Crippen LogP contribution >= 0.6 is 0 Å². The summed E-state index contributed by atoms with van der Waals surface area (Å²) >= 11 is 0. The molecule has 1 aromatic carbocycles. The van der Waals surface area contributed by atoms with Crippen molar-refractivity contribution in [1.82, 2.24) is 14.8 Å². The van der Waals surface area contributed by atoms with Gasteiger partial charge in [0.1, 0.15) is 5.82 Å². The van der Waals surface area contributed by atoms with E-state index in [1.807, 2.05) is 18.3 Å². The second-order valence-electron chi connectivity index (χ2n) is 7.85. The minimum Gasteiger partial charge on any atom is -0.367 e. The molecule has 0 aliphatic heterocycles. The molecule has 3 aromatic rings. The Bertz CT molecular complexity index is 1010. The molecule has 5 nitrogen and oxygen atoms in total. The number of nitrogens with zero attached hydrogens (tertiary/aromatic N) is 3. The van der Waals surface area contributed by atoms with E-state index in [9.17, 15) is 4.79 Å². The first kappa shape index (κ1) is 16.5. The molecule has 1 N–H and O–H groups in total. The Morgan fingerprint density at radius 2 is 1.74 bits per heavy atom. The summed E-state index contributed by atoms with van der Waals surface area (Å²) in [4.78, 5) is 16.9. The van der Waals surface area contributed by atoms with Gasteiger partial charge in [-0.15, -0.1) is 0 Å². The second kappa shape index (κ2) is 6.80. The fraction of sp³-hybridized carbons (Fsp3) is 0.409. The number of hydrogen-bond donors (Lipinski definition) is 1. The number of anilines is 1. The van der Waals surface area contributed by atoms with Gasteiger partial charge in [0.05, 0.1) is 11.7 Å². The lowest BCUT2D eigenvalue weighted by molar-refractivity contribution is 0.301. The maximum absolute atomic E-state index is 12.3. The summed E-state index contributed by atoms with van der Waals surface area (Å²) in [5.41, 5.74) is 1.13. The minimum atomic E-state index is 0.0338. The smallest absolute Gasteiger partial charge is 0.267 e. The standard InChI is InChI=1S/C22H24N4O/c27-21-12-11-20(16-5-6-16)25-26(21)18-9-7-17(8-10-18)24-22-19-4-2-1-3-15(19)13-14-23-22/h1-4,11-14,16-18H,5-10H2,(H,23,24). The van der Waals surface area contributed by atoms with E-state index in [-0.39, 0.29) is 11.6 Å². The van der Waals surface area contributed by atoms with Crippen LogP contribution < -0.4 is 10.9 Å². The highest BCUT2D eigenvalue weighted by atomic mass is 16.1. The number of aromatic nitrogens is 3. The fourth-order valence-corrected chi connectivity index (χ4v) is 4.19. The summed E-state index contributed by atoms with van der Waals surface area (Å²) in [7, 11) is 0. The molecular formula is C22H24N4O. The summed E-state index contributed by atoms with van der Waals surface area (Å²) in [6, 6.07) is 14.6. The van der Waals surface area contributed by atoms with Crippen LogP contribution in [-0.4, -0.2) is 20.8 Å². The van der Waals surface area contributed by atoms with Crippen LogP contribution in [0.4, 0.5) is 5.82 Å². The largest absolute Gasteiger partial charge is 0.367 e. The Morgan fingerprint density at radius 3 is 2.56 bits per heavy atom. The molecule has 2 saturated carbocycles. The zero-order chi connectivity index (χ0) is 18.2. The molecule has 2 aliphatic rings. The zero-order valence-corrected chi connectivity index (χ0v) is 15.3. The topological polar surface area (TPSA) is 59.8 Å². The maximum atomic E-state index is 12.3. The first-order valence-corrected chi connectivity index (χ1v) is 9.98. The van der Waals surface area contributed by atoms with Gasteiger partial charge in [0, 0.05) is 29.6 Å². The molecule has 27 heavy (non-hydrogen) atoms. The number of nitrogens with one attached hydrogen (secondary N) is 1. The van der Waals surface area contributed by atoms with E-state index in [1.54, 1.807) is 10.7 Å². The molecule has 0 amide bonds. The van der Waals surface area contributed by atoms with Gasteiger partial charge >= 0.3 is 0 Å². The molecule has 5 rings (SSSR count). The van der Waals surface area contributed by atoms with Gasteiger partial charge < -0.3 is 5.32 Å². The summed E-state index contributed by atoms with van der Waals surface area (Å²) in [6.45, 7) is 0. The van der Waals surface area contributed by atoms with Crippen LogP contribution in [0.2, 0.25) is 0 Å². The van der Waals surface area contributed by atoms with Gasteiger partial charge in [0.25, 0.3) is 5.56 Å². The van der Waals surface area contributed by atoms with Crippen molar-refractivity contribution in [1.29, 1.82) is 0 Å². The van der Waals surface area contributed by atoms with Crippen LogP contribution in [-0.2, 0) is 0 Å². The van der Waals surface area contributed by atoms with E-state index in [1.165, 1.54) is 18.2 Å². The van der Waals surface area contributed by atoms with Crippen LogP contribution in [0.1, 0.15) is 56.2 Å². The Hall–Kier alpha value is -2.69. The van der Waals surface area contributed by atoms with Crippen molar-refractivity contribution in [2.45, 2.75) is 56.5 Å². The van der Waals surface area contributed by atoms with Crippen molar-refractivity contribution in [2.75, 3.05) is 5.32 Å². The SMILES string of the molecule is O=c1ccc(C2CC2)nn1C1CCC(Nc2nccc3ccccc23)CC1. The normalized spacial score (nSPS) is 22.7. The van der Waals surface area contributed by atoms with Crippen LogP contribution in [0.25, 0.3) is 10.8 Å². The van der Waals surface area contributed by atoms with E-state index in [0.29, 0.717) is 12.0 Å². The minimum absolute atomic E-state index is 0.0338. The Balaban J connectivity index is 1.29. The molecule has 0 bridgehead atoms. The van der Waals surface area contributed by atoms with Crippen LogP contribution in [0.15, 0.2) is 53.5 Å². The maximum Gasteiger partial charge on any atom is 0.267 e. The van der Waals surface area contributed by atoms with Crippen molar-refractivity contribution in [3.05, 3.63) is 64.7 Å². The molecule has 0 saturated heterocycles. The van der Waals surface area contributed by atoms with Gasteiger partial charge in [-0.25, -0.2) is 9.67 Å². The lowest BCUT2D eigenvalue weighted by atomic mass is 9.91. The first-order chi connectivity index (χ1) is 13.3. The third-order valence-corrected chi connectivity index (χ3v) is 5.90. The molecule has 0 radical (unpaired) electrons. The Morgan fingerprint density at radius 1 is 0.926 bits per heavy atom. The number of pyridine rings is 1. The molecule has 2 heterocycles. The number of rotatable bonds is 4. The number of benzene rings is 1. The lowest BCUT2D eigenvalue weighted by Crippen LogP contribution is -2.33. The molecule has 2 aliphatic carbocycles. The Kier molecular flexibility index (Phi) is 4.15. The summed E-state index contributed by atoms with van der Waals surface area (Å²) in [5.74, 6) is 1.54. The Labute approximate surface area is 158 Å². The summed E-state index contributed by atoms with van der Waals surface area (Å²) in [5, 5.41) is 10.7. The molecule has 2 fully saturated rings. The van der Waals surface area contributed by atoms with Crippen molar-refractivity contribution in [3.63, 3.8) is 0 Å². The van der Waals surface area contributed by atoms with Crippen LogP contribution in [0.5, 0.6) is 0 Å². The molecule has 0 atom stereocenters. The highest BCUT2D eigenvalue weighted by Crippen LogP contribution is 2.39. The molecule has 0 spiro atoms. The van der Waals surface area contributed by atoms with Gasteiger partial charge in [-0.1, -0.05) is 24.3 Å². The van der Waals surface area contributed by atoms with E-state index < -0.39 is 0 Å². The molecule has 138 valence electrons. The number of fused-ring (bicyclic) bond motifs is 1. The average molecular weight is 360 g/mol. The van der Waals surface area contributed by atoms with E-state index in [0.717, 1.165) is 42.6 Å². The highest BCUT2D eigenvalue weighted by molar-refractivity contribution is 5.91. The van der Waals surface area contributed by atoms with E-state index in [2.05, 4.69) is 39.7 Å². The highest BCUT2D eigenvalue weighted by Gasteiger charge is 2.28. The molecule has 5 heteroatoms. The van der Waals surface area contributed by atoms with Gasteiger partial charge in [-0.2, -0.15) is 5.10 Å². The zero-order valence-electron chi connectivity index (χ0n) is 15.3. The van der Waals surface area contributed by atoms with Crippen molar-refractivity contribution >= 4 is 16.6 Å². The first-order valence-electron chi connectivity index (χ1n) is 9.98. The molecular weight excluding hydrogens is 336 g/mol. The van der Waals surface area contributed by atoms with Crippen LogP contribution in [0.3, 0.4) is 0 Å².